The van der Waals surface area contributed by atoms with E-state index in [0.717, 1.165) is 25.7 Å². The molecule has 0 radical (unpaired) electrons. The van der Waals surface area contributed by atoms with Gasteiger partial charge in [-0.25, -0.2) is 0 Å². The molecule has 3 aliphatic carbocycles. The molecule has 2 aromatic rings. The molecule has 14 heteroatoms. The quantitative estimate of drug-likeness (QED) is 0.120. The van der Waals surface area contributed by atoms with Gasteiger partial charge < -0.3 is 23.5 Å². The molecule has 304 valence electrons. The maximum Gasteiger partial charge on any atom is 0.417 e. The van der Waals surface area contributed by atoms with Crippen LogP contribution in [0.1, 0.15) is 124 Å². The zero-order valence-corrected chi connectivity index (χ0v) is 34.9. The Morgan fingerprint density at radius 3 is 2.24 bits per heavy atom. The molecule has 55 heavy (non-hydrogen) atoms. The molecular weight excluding hydrogens is 732 g/mol. The molecule has 4 aliphatic rings. The van der Waals surface area contributed by atoms with E-state index in [9.17, 15) is 5.11 Å². The van der Waals surface area contributed by atoms with E-state index in [1.54, 1.807) is 14.1 Å². The maximum atomic E-state index is 15.7. The summed E-state index contributed by atoms with van der Waals surface area (Å²) >= 11 is 0. The van der Waals surface area contributed by atoms with Gasteiger partial charge >= 0.3 is 6.18 Å². The number of nitrogens with zero attached hydrogens (tertiary/aromatic N) is 3. The van der Waals surface area contributed by atoms with Crippen molar-refractivity contribution in [2.24, 2.45) is 11.8 Å². The summed E-state index contributed by atoms with van der Waals surface area (Å²) < 4.78 is 71.4. The number of Topliss-reactive ketones (excluding diaryl/α,β-unsaturated/α-hetero) is 2. The van der Waals surface area contributed by atoms with Gasteiger partial charge in [-0.05, 0) is 112 Å². The average molecular weight is 790 g/mol. The van der Waals surface area contributed by atoms with Crippen LogP contribution >= 0.6 is 0 Å². The third kappa shape index (κ3) is 7.18. The number of aromatic nitrogens is 1. The number of hydrogen-bond acceptors (Lipinski definition) is 10. The molecule has 10 nitrogen and oxygen atoms in total. The Morgan fingerprint density at radius 1 is 1.02 bits per heavy atom. The number of carbonyl (C=O) groups excluding carboxylic acids is 2. The first-order chi connectivity index (χ1) is 25.8. The third-order valence-electron chi connectivity index (χ3n) is 12.5. The number of benzene rings is 1. The number of alkyl halides is 3. The number of ketones is 2. The second kappa shape index (κ2) is 15.3. The van der Waals surface area contributed by atoms with E-state index in [-0.39, 0.29) is 77.8 Å². The zero-order chi connectivity index (χ0) is 40.2. The lowest BCUT2D eigenvalue weighted by Gasteiger charge is -2.55. The Hall–Kier alpha value is -3.20. The van der Waals surface area contributed by atoms with Gasteiger partial charge in [-0.3, -0.25) is 19.4 Å². The first-order valence-electron chi connectivity index (χ1n) is 19.9. The normalized spacial score (nSPS) is 24.6. The van der Waals surface area contributed by atoms with Crippen LogP contribution in [-0.2, 0) is 28.4 Å². The summed E-state index contributed by atoms with van der Waals surface area (Å²) in [6.07, 6.45) is -0.0664. The van der Waals surface area contributed by atoms with E-state index >= 15 is 22.8 Å². The largest absolute Gasteiger partial charge is 0.507 e. The van der Waals surface area contributed by atoms with Gasteiger partial charge in [0.2, 0.25) is 11.6 Å². The Bertz CT molecular complexity index is 1830. The van der Waals surface area contributed by atoms with Gasteiger partial charge in [-0.2, -0.15) is 13.2 Å². The number of hydrogen-bond donors (Lipinski definition) is 1. The van der Waals surface area contributed by atoms with Crippen LogP contribution in [-0.4, -0.2) is 85.9 Å². The van der Waals surface area contributed by atoms with E-state index in [2.05, 4.69) is 5.16 Å². The number of rotatable bonds is 13. The van der Waals surface area contributed by atoms with Crippen molar-refractivity contribution >= 4 is 25.6 Å². The minimum absolute atomic E-state index is 0.0222. The third-order valence-corrected chi connectivity index (χ3v) is 17.0. The molecule has 1 aliphatic heterocycles. The molecule has 1 aromatic heterocycles. The first kappa shape index (κ1) is 41.4. The fraction of sp³-hybridized carbons (Fsp3) is 0.683. The lowest BCUT2D eigenvalue weighted by atomic mass is 9.57. The Balaban J connectivity index is 1.61. The van der Waals surface area contributed by atoms with Gasteiger partial charge in [0, 0.05) is 18.0 Å². The van der Waals surface area contributed by atoms with Crippen LogP contribution in [0, 0.1) is 11.8 Å². The summed E-state index contributed by atoms with van der Waals surface area (Å²) in [4.78, 5) is 34.8. The van der Waals surface area contributed by atoms with Crippen molar-refractivity contribution < 1.29 is 46.3 Å². The van der Waals surface area contributed by atoms with Gasteiger partial charge in [-0.15, -0.1) is 0 Å². The molecule has 0 unspecified atom stereocenters. The highest BCUT2D eigenvalue weighted by Gasteiger charge is 2.69. The van der Waals surface area contributed by atoms with E-state index in [4.69, 9.17) is 18.4 Å². The number of halogens is 3. The Morgan fingerprint density at radius 2 is 1.65 bits per heavy atom. The van der Waals surface area contributed by atoms with Crippen LogP contribution in [0.15, 0.2) is 16.2 Å². The number of aliphatic hydroxyl groups is 1. The minimum atomic E-state index is -4.75. The second-order valence-electron chi connectivity index (χ2n) is 17.5. The average Bonchev–Trinajstić information content (AvgIpc) is 3.75. The van der Waals surface area contributed by atoms with Crippen LogP contribution in [0.5, 0.6) is 11.6 Å². The molecule has 2 heterocycles. The summed E-state index contributed by atoms with van der Waals surface area (Å²) in [6.45, 7) is 15.9. The molecule has 0 spiro atoms. The smallest absolute Gasteiger partial charge is 0.417 e. The van der Waals surface area contributed by atoms with Crippen LogP contribution in [0.4, 0.5) is 13.2 Å². The maximum absolute atomic E-state index is 15.7. The van der Waals surface area contributed by atoms with Crippen molar-refractivity contribution in [3.05, 3.63) is 45.2 Å². The molecule has 0 amide bonds. The number of fused-ring (bicyclic) bond motifs is 4. The summed E-state index contributed by atoms with van der Waals surface area (Å²) in [5.74, 6) is -3.39. The SMILES string of the molecule is CCCCOc1cc(CN2CCCC2)c(C(F)(F)F)c2c1C(O)=C1C(=O)[C@]3(O[Si](C)(C)C(C)(C)C)C(=O)c4c(OCCCC)noc4[C@@H](N(C)C)[C@@H]3C[C@@H]1C2. The van der Waals surface area contributed by atoms with E-state index in [1.807, 2.05) is 57.5 Å². The summed E-state index contributed by atoms with van der Waals surface area (Å²) in [5, 5.41) is 16.1. The lowest BCUT2D eigenvalue weighted by Crippen LogP contribution is -2.68. The number of likely N-dealkylation sites (tertiary alicyclic amines) is 1. The van der Waals surface area contributed by atoms with Gasteiger partial charge in [-0.1, -0.05) is 47.5 Å². The highest BCUT2D eigenvalue weighted by atomic mass is 28.4. The topological polar surface area (TPSA) is 115 Å². The molecule has 6 rings (SSSR count). The molecule has 1 aromatic carbocycles. The van der Waals surface area contributed by atoms with Gasteiger partial charge in [0.05, 0.1) is 30.4 Å². The van der Waals surface area contributed by atoms with Crippen molar-refractivity contribution in [2.75, 3.05) is 40.4 Å². The zero-order valence-electron chi connectivity index (χ0n) is 33.9. The second-order valence-corrected chi connectivity index (χ2v) is 22.3. The van der Waals surface area contributed by atoms with E-state index in [1.165, 1.54) is 6.07 Å². The predicted molar refractivity (Wildman–Crippen MR) is 205 cm³/mol. The summed E-state index contributed by atoms with van der Waals surface area (Å²) in [5.41, 5.74) is -3.11. The van der Waals surface area contributed by atoms with Crippen molar-refractivity contribution in [1.29, 1.82) is 0 Å². The van der Waals surface area contributed by atoms with Crippen molar-refractivity contribution in [2.45, 2.75) is 128 Å². The van der Waals surface area contributed by atoms with E-state index in [0.29, 0.717) is 25.9 Å². The molecule has 2 fully saturated rings. The standard InChI is InChI=1S/C41H58F3N3O7Si/c1-10-12-18-51-28-22-25(23-47-16-14-15-17-47)32(41(42,43)44)26-20-24-21-27-33(46(6)7)35-31(38(45-53-35)52-19-13-11-2)37(50)40(27,54-55(8,9)39(3,4)5)36(49)29(24)34(48)30(26)28/h22,24,27,33,48H,10-21,23H2,1-9H3/t24-,27-,33-,40-/m0/s1. The fourth-order valence-corrected chi connectivity index (χ4v) is 10.2. The lowest BCUT2D eigenvalue weighted by molar-refractivity contribution is -0.140. The van der Waals surface area contributed by atoms with Crippen molar-refractivity contribution in [3.8, 4) is 11.6 Å². The number of ether oxygens (including phenoxy) is 2. The van der Waals surface area contributed by atoms with E-state index < -0.39 is 65.9 Å². The molecular formula is C41H58F3N3O7Si. The van der Waals surface area contributed by atoms with Crippen LogP contribution in [0.2, 0.25) is 18.1 Å². The molecule has 0 bridgehead atoms. The molecule has 4 atom stereocenters. The highest BCUT2D eigenvalue weighted by molar-refractivity contribution is 6.74. The number of carbonyl (C=O) groups is 2. The predicted octanol–water partition coefficient (Wildman–Crippen LogP) is 8.94. The number of aliphatic hydroxyl groups excluding tert-OH is 1. The first-order valence-corrected chi connectivity index (χ1v) is 22.8. The Kier molecular flexibility index (Phi) is 11.5. The fourth-order valence-electron chi connectivity index (χ4n) is 8.76. The monoisotopic (exact) mass is 789 g/mol. The van der Waals surface area contributed by atoms with Gasteiger partial charge in [0.15, 0.2) is 19.7 Å². The summed E-state index contributed by atoms with van der Waals surface area (Å²) in [7, 11) is 0.622. The summed E-state index contributed by atoms with van der Waals surface area (Å²) in [6, 6.07) is 0.682. The van der Waals surface area contributed by atoms with Gasteiger partial charge in [0.25, 0.3) is 5.88 Å². The van der Waals surface area contributed by atoms with Crippen LogP contribution in [0.3, 0.4) is 0 Å². The van der Waals surface area contributed by atoms with Crippen molar-refractivity contribution in [3.63, 3.8) is 0 Å². The van der Waals surface area contributed by atoms with Gasteiger partial charge in [0.1, 0.15) is 17.1 Å². The van der Waals surface area contributed by atoms with Crippen LogP contribution < -0.4 is 9.47 Å². The molecule has 1 N–H and O–H groups in total. The molecule has 1 saturated carbocycles. The molecule has 1 saturated heterocycles. The number of unbranched alkanes of at least 4 members (excludes halogenated alkanes) is 2. The van der Waals surface area contributed by atoms with Crippen molar-refractivity contribution in [1.82, 2.24) is 15.0 Å². The highest BCUT2D eigenvalue weighted by Crippen LogP contribution is 2.60. The minimum Gasteiger partial charge on any atom is -0.507 e. The van der Waals surface area contributed by atoms with Crippen LogP contribution in [0.25, 0.3) is 5.76 Å². The Labute approximate surface area is 323 Å².